The van der Waals surface area contributed by atoms with Gasteiger partial charge in [-0.2, -0.15) is 0 Å². The Bertz CT molecular complexity index is 180. The molecule has 0 heterocycles. The molecule has 72 valence electrons. The summed E-state index contributed by atoms with van der Waals surface area (Å²) < 4.78 is 7.75. The molecule has 0 saturated carbocycles. The molecule has 0 bridgehead atoms. The van der Waals surface area contributed by atoms with Gasteiger partial charge in [0.1, 0.15) is 0 Å². The average molecular weight is 216 g/mol. The van der Waals surface area contributed by atoms with E-state index in [2.05, 4.69) is 0 Å². The SMILES string of the molecule is COC(C)(OC)C(Cl)(Cl)C(N)=O. The number of methoxy groups -OCH3 is 2. The number of ether oxygens (including phenoxy) is 2. The summed E-state index contributed by atoms with van der Waals surface area (Å²) in [5, 5.41) is 0. The second kappa shape index (κ2) is 3.79. The van der Waals surface area contributed by atoms with Gasteiger partial charge in [0.15, 0.2) is 0 Å². The van der Waals surface area contributed by atoms with E-state index in [1.54, 1.807) is 0 Å². The van der Waals surface area contributed by atoms with Gasteiger partial charge in [-0.1, -0.05) is 23.2 Å². The van der Waals surface area contributed by atoms with Gasteiger partial charge in [0, 0.05) is 14.2 Å². The molecular formula is C6H11Cl2NO3. The summed E-state index contributed by atoms with van der Waals surface area (Å²) in [4.78, 5) is 10.8. The number of rotatable bonds is 4. The maximum absolute atomic E-state index is 10.8. The first kappa shape index (κ1) is 12.0. The number of hydrogen-bond donors (Lipinski definition) is 1. The molecule has 0 unspecified atom stereocenters. The lowest BCUT2D eigenvalue weighted by Crippen LogP contribution is -2.54. The van der Waals surface area contributed by atoms with Gasteiger partial charge >= 0.3 is 0 Å². The number of hydrogen-bond acceptors (Lipinski definition) is 3. The summed E-state index contributed by atoms with van der Waals surface area (Å²) in [6.45, 7) is 1.41. The summed E-state index contributed by atoms with van der Waals surface area (Å²) in [5.41, 5.74) is 4.94. The Morgan fingerprint density at radius 3 is 1.75 bits per heavy atom. The van der Waals surface area contributed by atoms with E-state index in [1.165, 1.54) is 21.1 Å². The summed E-state index contributed by atoms with van der Waals surface area (Å²) in [5.74, 6) is -2.36. The van der Waals surface area contributed by atoms with Gasteiger partial charge in [-0.3, -0.25) is 4.79 Å². The maximum Gasteiger partial charge on any atom is 0.259 e. The zero-order valence-electron chi connectivity index (χ0n) is 7.06. The number of carbonyl (C=O) groups is 1. The first-order valence-electron chi connectivity index (χ1n) is 3.10. The Kier molecular flexibility index (Phi) is 3.78. The van der Waals surface area contributed by atoms with E-state index in [4.69, 9.17) is 38.4 Å². The minimum Gasteiger partial charge on any atom is -0.367 e. The lowest BCUT2D eigenvalue weighted by atomic mass is 10.2. The predicted octanol–water partition coefficient (Wildman–Crippen LogP) is 0.655. The molecular weight excluding hydrogens is 205 g/mol. The van der Waals surface area contributed by atoms with E-state index in [-0.39, 0.29) is 0 Å². The van der Waals surface area contributed by atoms with Crippen LogP contribution in [0.25, 0.3) is 0 Å². The van der Waals surface area contributed by atoms with E-state index in [9.17, 15) is 4.79 Å². The van der Waals surface area contributed by atoms with Crippen molar-refractivity contribution in [1.82, 2.24) is 0 Å². The van der Waals surface area contributed by atoms with E-state index in [0.29, 0.717) is 0 Å². The summed E-state index contributed by atoms with van der Waals surface area (Å²) in [6.07, 6.45) is 0. The molecule has 0 rings (SSSR count). The largest absolute Gasteiger partial charge is 0.367 e. The van der Waals surface area contributed by atoms with Crippen LogP contribution in [-0.2, 0) is 14.3 Å². The third kappa shape index (κ3) is 1.82. The molecule has 0 spiro atoms. The van der Waals surface area contributed by atoms with Crippen molar-refractivity contribution in [3.05, 3.63) is 0 Å². The molecule has 0 aliphatic carbocycles. The Morgan fingerprint density at radius 1 is 1.33 bits per heavy atom. The quantitative estimate of drug-likeness (QED) is 0.554. The first-order valence-corrected chi connectivity index (χ1v) is 3.85. The fourth-order valence-corrected chi connectivity index (χ4v) is 0.872. The standard InChI is InChI=1S/C6H11Cl2NO3/c1-5(11-2,12-3)6(7,8)4(9)10/h1-3H3,(H2,9,10). The van der Waals surface area contributed by atoms with Crippen molar-refractivity contribution in [3.63, 3.8) is 0 Å². The lowest BCUT2D eigenvalue weighted by Gasteiger charge is -2.34. The zero-order valence-corrected chi connectivity index (χ0v) is 8.57. The molecule has 6 heteroatoms. The minimum atomic E-state index is -1.91. The molecule has 12 heavy (non-hydrogen) atoms. The Labute approximate surface area is 80.9 Å². The number of carbonyl (C=O) groups excluding carboxylic acids is 1. The topological polar surface area (TPSA) is 61.6 Å². The van der Waals surface area contributed by atoms with Crippen LogP contribution in [0.4, 0.5) is 0 Å². The van der Waals surface area contributed by atoms with Crippen molar-refractivity contribution < 1.29 is 14.3 Å². The fraction of sp³-hybridized carbons (Fsp3) is 0.833. The highest BCUT2D eigenvalue weighted by Gasteiger charge is 2.52. The smallest absolute Gasteiger partial charge is 0.259 e. The normalized spacial score (nSPS) is 13.1. The molecule has 2 N–H and O–H groups in total. The van der Waals surface area contributed by atoms with Crippen molar-refractivity contribution in [2.45, 2.75) is 17.0 Å². The molecule has 0 aliphatic rings. The molecule has 4 nitrogen and oxygen atoms in total. The highest BCUT2D eigenvalue weighted by molar-refractivity contribution is 6.58. The second-order valence-electron chi connectivity index (χ2n) is 2.29. The number of nitrogens with two attached hydrogens (primary N) is 1. The molecule has 0 aromatic carbocycles. The maximum atomic E-state index is 10.8. The number of primary amides is 1. The number of halogens is 2. The van der Waals surface area contributed by atoms with Gasteiger partial charge in [-0.05, 0) is 6.92 Å². The van der Waals surface area contributed by atoms with E-state index >= 15 is 0 Å². The number of alkyl halides is 2. The third-order valence-corrected chi connectivity index (χ3v) is 2.72. The highest BCUT2D eigenvalue weighted by atomic mass is 35.5. The highest BCUT2D eigenvalue weighted by Crippen LogP contribution is 2.36. The summed E-state index contributed by atoms with van der Waals surface area (Å²) in [7, 11) is 2.62. The molecule has 0 saturated heterocycles. The van der Waals surface area contributed by atoms with Crippen LogP contribution >= 0.6 is 23.2 Å². The first-order chi connectivity index (χ1) is 5.31. The van der Waals surface area contributed by atoms with Gasteiger partial charge in [-0.15, -0.1) is 0 Å². The molecule has 0 aromatic rings. The van der Waals surface area contributed by atoms with Crippen molar-refractivity contribution in [2.24, 2.45) is 5.73 Å². The van der Waals surface area contributed by atoms with Gasteiger partial charge < -0.3 is 15.2 Å². The Balaban J connectivity index is 4.83. The Hall–Kier alpha value is -0.0300. The van der Waals surface area contributed by atoms with Crippen LogP contribution < -0.4 is 5.73 Å². The van der Waals surface area contributed by atoms with E-state index in [1.807, 2.05) is 0 Å². The molecule has 0 fully saturated rings. The fourth-order valence-electron chi connectivity index (χ4n) is 0.563. The van der Waals surface area contributed by atoms with Gasteiger partial charge in [0.05, 0.1) is 0 Å². The van der Waals surface area contributed by atoms with Crippen LogP contribution in [0.2, 0.25) is 0 Å². The van der Waals surface area contributed by atoms with Crippen molar-refractivity contribution >= 4 is 29.1 Å². The van der Waals surface area contributed by atoms with Crippen LogP contribution in [0.3, 0.4) is 0 Å². The van der Waals surface area contributed by atoms with E-state index < -0.39 is 16.0 Å². The van der Waals surface area contributed by atoms with Crippen molar-refractivity contribution in [2.75, 3.05) is 14.2 Å². The van der Waals surface area contributed by atoms with Gasteiger partial charge in [0.2, 0.25) is 10.1 Å². The Morgan fingerprint density at radius 2 is 1.67 bits per heavy atom. The van der Waals surface area contributed by atoms with Crippen LogP contribution in [0.15, 0.2) is 0 Å². The summed E-state index contributed by atoms with van der Waals surface area (Å²) in [6, 6.07) is 0. The molecule has 0 radical (unpaired) electrons. The monoisotopic (exact) mass is 215 g/mol. The summed E-state index contributed by atoms with van der Waals surface area (Å²) >= 11 is 11.2. The van der Waals surface area contributed by atoms with Crippen LogP contribution in [0, 0.1) is 0 Å². The van der Waals surface area contributed by atoms with Crippen molar-refractivity contribution in [3.8, 4) is 0 Å². The third-order valence-electron chi connectivity index (χ3n) is 1.66. The minimum absolute atomic E-state index is 0.919. The number of amides is 1. The van der Waals surface area contributed by atoms with Gasteiger partial charge in [0.25, 0.3) is 5.91 Å². The van der Waals surface area contributed by atoms with Crippen LogP contribution in [0.1, 0.15) is 6.92 Å². The van der Waals surface area contributed by atoms with E-state index in [0.717, 1.165) is 0 Å². The van der Waals surface area contributed by atoms with Crippen LogP contribution in [-0.4, -0.2) is 30.2 Å². The molecule has 0 aromatic heterocycles. The lowest BCUT2D eigenvalue weighted by molar-refractivity contribution is -0.202. The molecule has 0 atom stereocenters. The second-order valence-corrected chi connectivity index (χ2v) is 3.62. The van der Waals surface area contributed by atoms with Crippen molar-refractivity contribution in [1.29, 1.82) is 0 Å². The zero-order chi connectivity index (χ0) is 9.99. The van der Waals surface area contributed by atoms with Gasteiger partial charge in [-0.25, -0.2) is 0 Å². The average Bonchev–Trinajstić information content (AvgIpc) is 2.02. The molecule has 1 amide bonds. The van der Waals surface area contributed by atoms with Crippen LogP contribution in [0.5, 0.6) is 0 Å². The predicted molar refractivity (Wildman–Crippen MR) is 46.1 cm³/mol. The molecule has 0 aliphatic heterocycles.